The summed E-state index contributed by atoms with van der Waals surface area (Å²) < 4.78 is 23.2. The molecule has 1 unspecified atom stereocenters. The van der Waals surface area contributed by atoms with Crippen molar-refractivity contribution in [3.05, 3.63) is 35.9 Å². The van der Waals surface area contributed by atoms with Crippen LogP contribution in [0.3, 0.4) is 0 Å². The monoisotopic (exact) mass is 437 g/mol. The number of alkyl carbamates (subject to hydrolysis) is 1. The second kappa shape index (κ2) is 11.8. The third-order valence-corrected chi connectivity index (χ3v) is 10.4. The predicted octanol–water partition coefficient (Wildman–Crippen LogP) is 5.24. The predicted molar refractivity (Wildman–Crippen MR) is 121 cm³/mol. The summed E-state index contributed by atoms with van der Waals surface area (Å²) in [6.07, 6.45) is 3.11. The highest BCUT2D eigenvalue weighted by Crippen LogP contribution is 2.36. The fourth-order valence-corrected chi connectivity index (χ4v) is 3.93. The Labute approximate surface area is 182 Å². The molecule has 170 valence electrons. The van der Waals surface area contributed by atoms with Crippen molar-refractivity contribution in [2.45, 2.75) is 83.5 Å². The Morgan fingerprint density at radius 1 is 1.23 bits per heavy atom. The summed E-state index contributed by atoms with van der Waals surface area (Å²) >= 11 is 0. The summed E-state index contributed by atoms with van der Waals surface area (Å²) in [7, 11) is -1.84. The van der Waals surface area contributed by atoms with Gasteiger partial charge in [0.15, 0.2) is 14.6 Å². The van der Waals surface area contributed by atoms with Gasteiger partial charge in [-0.1, -0.05) is 51.1 Å². The fourth-order valence-electron chi connectivity index (χ4n) is 2.87. The van der Waals surface area contributed by atoms with E-state index in [0.717, 1.165) is 31.4 Å². The topological polar surface area (TPSA) is 66.0 Å². The molecule has 7 heteroatoms. The van der Waals surface area contributed by atoms with E-state index in [4.69, 9.17) is 18.6 Å². The van der Waals surface area contributed by atoms with Crippen molar-refractivity contribution in [3.63, 3.8) is 0 Å². The number of hydrogen-bond acceptors (Lipinski definition) is 5. The number of carbonyl (C=O) groups is 1. The summed E-state index contributed by atoms with van der Waals surface area (Å²) in [5.74, 6) is 0. The fraction of sp³-hybridized carbons (Fsp3) is 0.696. The van der Waals surface area contributed by atoms with Gasteiger partial charge < -0.3 is 24.0 Å². The molecule has 1 N–H and O–H groups in total. The molecule has 6 nitrogen and oxygen atoms in total. The molecule has 0 saturated carbocycles. The van der Waals surface area contributed by atoms with Crippen LogP contribution in [-0.2, 0) is 25.2 Å². The second-order valence-corrected chi connectivity index (χ2v) is 14.2. The molecule has 0 bridgehead atoms. The molecule has 2 rings (SSSR count). The number of ether oxygens (including phenoxy) is 3. The molecule has 1 aromatic rings. The van der Waals surface area contributed by atoms with Gasteiger partial charge in [-0.15, -0.1) is 0 Å². The van der Waals surface area contributed by atoms with Gasteiger partial charge in [-0.3, -0.25) is 0 Å². The van der Waals surface area contributed by atoms with E-state index < -0.39 is 14.4 Å². The van der Waals surface area contributed by atoms with Gasteiger partial charge >= 0.3 is 6.09 Å². The third kappa shape index (κ3) is 8.76. The minimum Gasteiger partial charge on any atom is -0.445 e. The zero-order valence-corrected chi connectivity index (χ0v) is 20.2. The molecule has 0 aromatic heterocycles. The van der Waals surface area contributed by atoms with Crippen LogP contribution in [0.5, 0.6) is 0 Å². The van der Waals surface area contributed by atoms with E-state index in [-0.39, 0.29) is 24.0 Å². The molecular weight excluding hydrogens is 398 g/mol. The normalized spacial score (nSPS) is 18.6. The molecule has 0 spiro atoms. The van der Waals surface area contributed by atoms with Crippen LogP contribution in [0.15, 0.2) is 30.3 Å². The molecule has 1 fully saturated rings. The smallest absolute Gasteiger partial charge is 0.407 e. The van der Waals surface area contributed by atoms with E-state index in [9.17, 15) is 4.79 Å². The third-order valence-electron chi connectivity index (χ3n) is 5.89. The summed E-state index contributed by atoms with van der Waals surface area (Å²) in [5, 5.41) is 3.10. The average Bonchev–Trinajstić information content (AvgIpc) is 2.71. The summed E-state index contributed by atoms with van der Waals surface area (Å²) in [4.78, 5) is 12.3. The lowest BCUT2D eigenvalue weighted by molar-refractivity contribution is -0.166. The number of rotatable bonds is 10. The van der Waals surface area contributed by atoms with E-state index >= 15 is 0 Å². The minimum absolute atomic E-state index is 0.150. The summed E-state index contributed by atoms with van der Waals surface area (Å²) in [6.45, 7) is 13.1. The zero-order valence-electron chi connectivity index (χ0n) is 19.2. The number of amides is 1. The van der Waals surface area contributed by atoms with Crippen molar-refractivity contribution < 1.29 is 23.4 Å². The van der Waals surface area contributed by atoms with Crippen LogP contribution in [0.4, 0.5) is 4.79 Å². The van der Waals surface area contributed by atoms with Crippen molar-refractivity contribution in [1.82, 2.24) is 5.32 Å². The highest BCUT2D eigenvalue weighted by atomic mass is 28.4. The molecule has 1 aromatic carbocycles. The quantitative estimate of drug-likeness (QED) is 0.507. The molecule has 1 heterocycles. The molecule has 1 aliphatic rings. The molecule has 30 heavy (non-hydrogen) atoms. The van der Waals surface area contributed by atoms with E-state index in [1.807, 2.05) is 30.3 Å². The van der Waals surface area contributed by atoms with Crippen molar-refractivity contribution >= 4 is 14.4 Å². The number of hydrogen-bond donors (Lipinski definition) is 1. The Kier molecular flexibility index (Phi) is 9.81. The molecule has 1 aliphatic heterocycles. The number of carbonyl (C=O) groups excluding carboxylic acids is 1. The lowest BCUT2D eigenvalue weighted by Gasteiger charge is -2.36. The minimum atomic E-state index is -1.84. The molecule has 0 aliphatic carbocycles. The van der Waals surface area contributed by atoms with Crippen LogP contribution in [0.25, 0.3) is 0 Å². The Bertz CT molecular complexity index is 626. The van der Waals surface area contributed by atoms with Crippen molar-refractivity contribution in [1.29, 1.82) is 0 Å². The molecule has 1 saturated heterocycles. The number of nitrogens with one attached hydrogen (secondary N) is 1. The van der Waals surface area contributed by atoms with Crippen molar-refractivity contribution in [2.75, 3.05) is 19.8 Å². The maximum Gasteiger partial charge on any atom is 0.407 e. The van der Waals surface area contributed by atoms with Gasteiger partial charge in [0.05, 0.1) is 12.6 Å². The zero-order chi connectivity index (χ0) is 22.0. The van der Waals surface area contributed by atoms with E-state index in [0.29, 0.717) is 19.6 Å². The Morgan fingerprint density at radius 2 is 1.97 bits per heavy atom. The van der Waals surface area contributed by atoms with Gasteiger partial charge in [-0.25, -0.2) is 4.79 Å². The molecule has 0 radical (unpaired) electrons. The Hall–Kier alpha value is -1.41. The Morgan fingerprint density at radius 3 is 2.60 bits per heavy atom. The van der Waals surface area contributed by atoms with Crippen LogP contribution in [0.1, 0.15) is 52.0 Å². The van der Waals surface area contributed by atoms with Crippen LogP contribution < -0.4 is 5.32 Å². The van der Waals surface area contributed by atoms with Gasteiger partial charge in [0.25, 0.3) is 0 Å². The van der Waals surface area contributed by atoms with E-state index in [1.165, 1.54) is 0 Å². The molecule has 1 amide bonds. The highest BCUT2D eigenvalue weighted by Gasteiger charge is 2.37. The van der Waals surface area contributed by atoms with Crippen LogP contribution in [0, 0.1) is 0 Å². The van der Waals surface area contributed by atoms with Gasteiger partial charge in [0.1, 0.15) is 6.61 Å². The van der Waals surface area contributed by atoms with Crippen molar-refractivity contribution in [3.8, 4) is 0 Å². The first-order chi connectivity index (χ1) is 14.2. The summed E-state index contributed by atoms with van der Waals surface area (Å²) in [6, 6.07) is 9.46. The maximum absolute atomic E-state index is 12.3. The standard InChI is InChI=1S/C23H39NO5Si/c1-23(2,3)30(4,5)29-16-14-20(18-27-21-13-9-10-15-26-21)24-22(25)28-17-19-11-7-6-8-12-19/h6-8,11-12,20-21H,9-10,13-18H2,1-5H3,(H,24,25)/t20-,21?/m0/s1. The van der Waals surface area contributed by atoms with Crippen LogP contribution in [-0.4, -0.2) is 46.6 Å². The second-order valence-electron chi connectivity index (χ2n) is 9.43. The largest absolute Gasteiger partial charge is 0.445 e. The van der Waals surface area contributed by atoms with Crippen LogP contribution in [0.2, 0.25) is 18.1 Å². The summed E-state index contributed by atoms with van der Waals surface area (Å²) in [5.41, 5.74) is 0.956. The maximum atomic E-state index is 12.3. The first-order valence-corrected chi connectivity index (χ1v) is 13.9. The van der Waals surface area contributed by atoms with Gasteiger partial charge in [-0.05, 0) is 49.4 Å². The van der Waals surface area contributed by atoms with Gasteiger partial charge in [0.2, 0.25) is 0 Å². The van der Waals surface area contributed by atoms with Gasteiger partial charge in [0, 0.05) is 13.2 Å². The Balaban J connectivity index is 1.84. The highest BCUT2D eigenvalue weighted by molar-refractivity contribution is 6.74. The number of benzene rings is 1. The first kappa shape index (κ1) is 24.9. The van der Waals surface area contributed by atoms with E-state index in [1.54, 1.807) is 0 Å². The van der Waals surface area contributed by atoms with Gasteiger partial charge in [-0.2, -0.15) is 0 Å². The first-order valence-electron chi connectivity index (χ1n) is 11.0. The molecular formula is C23H39NO5Si. The van der Waals surface area contributed by atoms with E-state index in [2.05, 4.69) is 39.2 Å². The van der Waals surface area contributed by atoms with Crippen molar-refractivity contribution in [2.24, 2.45) is 0 Å². The lowest BCUT2D eigenvalue weighted by atomic mass is 10.2. The molecule has 2 atom stereocenters. The SMILES string of the molecule is CC(C)(C)[Si](C)(C)OCC[C@@H](COC1CCCCO1)NC(=O)OCc1ccccc1. The average molecular weight is 438 g/mol. The lowest BCUT2D eigenvalue weighted by Crippen LogP contribution is -2.44. The van der Waals surface area contributed by atoms with Crippen LogP contribution >= 0.6 is 0 Å².